The van der Waals surface area contributed by atoms with Crippen molar-refractivity contribution in [2.75, 3.05) is 6.54 Å². The molecule has 0 aliphatic carbocycles. The predicted molar refractivity (Wildman–Crippen MR) is 51.3 cm³/mol. The minimum atomic E-state index is 0. The van der Waals surface area contributed by atoms with E-state index in [1.165, 1.54) is 0 Å². The second-order valence-electron chi connectivity index (χ2n) is 3.55. The van der Waals surface area contributed by atoms with Gasteiger partial charge in [0.25, 0.3) is 0 Å². The largest absolute Gasteiger partial charge is 2.00 e. The second-order valence-corrected chi connectivity index (χ2v) is 3.55. The Balaban J connectivity index is 0. The molecule has 0 saturated carbocycles. The van der Waals surface area contributed by atoms with E-state index in [1.54, 1.807) is 0 Å². The van der Waals surface area contributed by atoms with Crippen LogP contribution in [0, 0.1) is 0 Å². The van der Waals surface area contributed by atoms with Crippen LogP contribution >= 0.6 is 0 Å². The summed E-state index contributed by atoms with van der Waals surface area (Å²) in [6.07, 6.45) is 0. The molecule has 0 rings (SSSR count). The first-order valence-electron chi connectivity index (χ1n) is 4.39. The molecular formula is C9H20N2Ni. The minimum Gasteiger partial charge on any atom is -0.661 e. The van der Waals surface area contributed by atoms with Crippen molar-refractivity contribution in [3.05, 3.63) is 10.6 Å². The van der Waals surface area contributed by atoms with Crippen molar-refractivity contribution in [3.8, 4) is 0 Å². The SMILES string of the molecule is CC(C)[N-]CC(C)[N-]C(C)C.[Ni+2]. The van der Waals surface area contributed by atoms with Gasteiger partial charge >= 0.3 is 16.5 Å². The van der Waals surface area contributed by atoms with Gasteiger partial charge in [0.05, 0.1) is 0 Å². The number of hydrogen-bond acceptors (Lipinski definition) is 0. The molecule has 0 aliphatic heterocycles. The van der Waals surface area contributed by atoms with Gasteiger partial charge in [-0.05, 0) is 0 Å². The van der Waals surface area contributed by atoms with Crippen LogP contribution in [0.5, 0.6) is 0 Å². The molecule has 0 aromatic carbocycles. The van der Waals surface area contributed by atoms with Crippen LogP contribution in [0.1, 0.15) is 34.6 Å². The summed E-state index contributed by atoms with van der Waals surface area (Å²) < 4.78 is 0. The molecule has 0 radical (unpaired) electrons. The van der Waals surface area contributed by atoms with E-state index in [-0.39, 0.29) is 16.5 Å². The second kappa shape index (κ2) is 8.03. The fraction of sp³-hybridized carbons (Fsp3) is 1.00. The zero-order valence-electron chi connectivity index (χ0n) is 8.65. The van der Waals surface area contributed by atoms with Crippen molar-refractivity contribution >= 4 is 0 Å². The maximum absolute atomic E-state index is 4.46. The Morgan fingerprint density at radius 3 is 1.75 bits per heavy atom. The van der Waals surface area contributed by atoms with E-state index >= 15 is 0 Å². The van der Waals surface area contributed by atoms with E-state index in [4.69, 9.17) is 0 Å². The molecule has 0 amide bonds. The molecule has 12 heavy (non-hydrogen) atoms. The van der Waals surface area contributed by atoms with Gasteiger partial charge in [-0.1, -0.05) is 34.6 Å². The molecule has 76 valence electrons. The maximum atomic E-state index is 4.46. The summed E-state index contributed by atoms with van der Waals surface area (Å²) in [4.78, 5) is 0. The standard InChI is InChI=1S/C9H20N2.Ni/c1-7(2)10-6-9(5)11-8(3)4;/h7-9H,6H2,1-5H3;/q-2;+2. The molecule has 1 atom stereocenters. The molecular weight excluding hydrogens is 195 g/mol. The normalized spacial score (nSPS) is 13.2. The van der Waals surface area contributed by atoms with E-state index in [9.17, 15) is 0 Å². The van der Waals surface area contributed by atoms with Crippen LogP contribution in [-0.4, -0.2) is 24.7 Å². The number of hydrogen-bond donors (Lipinski definition) is 0. The van der Waals surface area contributed by atoms with Crippen LogP contribution in [0.25, 0.3) is 10.6 Å². The van der Waals surface area contributed by atoms with Gasteiger partial charge in [0.1, 0.15) is 0 Å². The van der Waals surface area contributed by atoms with Crippen LogP contribution in [0.4, 0.5) is 0 Å². The molecule has 2 nitrogen and oxygen atoms in total. The summed E-state index contributed by atoms with van der Waals surface area (Å²) in [5.41, 5.74) is 0. The molecule has 0 aromatic rings. The fourth-order valence-corrected chi connectivity index (χ4v) is 0.919. The van der Waals surface area contributed by atoms with Crippen LogP contribution in [0.2, 0.25) is 0 Å². The summed E-state index contributed by atoms with van der Waals surface area (Å²) in [6.45, 7) is 11.4. The Morgan fingerprint density at radius 2 is 1.42 bits per heavy atom. The van der Waals surface area contributed by atoms with Crippen LogP contribution in [-0.2, 0) is 16.5 Å². The summed E-state index contributed by atoms with van der Waals surface area (Å²) in [6, 6.07) is 1.27. The minimum absolute atomic E-state index is 0. The maximum Gasteiger partial charge on any atom is 2.00 e. The third kappa shape index (κ3) is 10.4. The summed E-state index contributed by atoms with van der Waals surface area (Å²) in [7, 11) is 0. The van der Waals surface area contributed by atoms with Crippen molar-refractivity contribution < 1.29 is 16.5 Å². The summed E-state index contributed by atoms with van der Waals surface area (Å²) >= 11 is 0. The summed E-state index contributed by atoms with van der Waals surface area (Å²) in [5, 5.41) is 8.84. The Hall–Kier alpha value is 0.414. The molecule has 0 heterocycles. The monoisotopic (exact) mass is 214 g/mol. The summed E-state index contributed by atoms with van der Waals surface area (Å²) in [5.74, 6) is 0. The van der Waals surface area contributed by atoms with Crippen molar-refractivity contribution in [1.82, 2.24) is 0 Å². The van der Waals surface area contributed by atoms with E-state index in [2.05, 4.69) is 45.3 Å². The average Bonchev–Trinajstić information content (AvgIpc) is 1.82. The predicted octanol–water partition coefficient (Wildman–Crippen LogP) is 2.94. The fourth-order valence-electron chi connectivity index (χ4n) is 0.919. The number of rotatable bonds is 5. The van der Waals surface area contributed by atoms with Crippen molar-refractivity contribution in [1.29, 1.82) is 0 Å². The molecule has 0 fully saturated rings. The Bertz CT molecular complexity index is 94.5. The van der Waals surface area contributed by atoms with Crippen LogP contribution in [0.15, 0.2) is 0 Å². The third-order valence-corrected chi connectivity index (χ3v) is 1.29. The van der Waals surface area contributed by atoms with Gasteiger partial charge in [0.2, 0.25) is 0 Å². The molecule has 0 saturated heterocycles. The van der Waals surface area contributed by atoms with Crippen molar-refractivity contribution in [2.24, 2.45) is 0 Å². The van der Waals surface area contributed by atoms with Crippen molar-refractivity contribution in [3.63, 3.8) is 0 Å². The van der Waals surface area contributed by atoms with Gasteiger partial charge in [-0.2, -0.15) is 12.6 Å². The molecule has 0 bridgehead atoms. The van der Waals surface area contributed by atoms with Crippen LogP contribution in [0.3, 0.4) is 0 Å². The molecule has 0 aromatic heterocycles. The topological polar surface area (TPSA) is 28.2 Å². The van der Waals surface area contributed by atoms with Crippen molar-refractivity contribution in [2.45, 2.75) is 52.7 Å². The van der Waals surface area contributed by atoms with Crippen LogP contribution < -0.4 is 0 Å². The first-order valence-corrected chi connectivity index (χ1v) is 4.39. The van der Waals surface area contributed by atoms with Gasteiger partial charge in [0, 0.05) is 0 Å². The quantitative estimate of drug-likeness (QED) is 0.630. The Kier molecular flexibility index (Phi) is 9.98. The van der Waals surface area contributed by atoms with Gasteiger partial charge < -0.3 is 10.6 Å². The van der Waals surface area contributed by atoms with Gasteiger partial charge in [-0.15, -0.1) is 12.1 Å². The zero-order valence-corrected chi connectivity index (χ0v) is 9.64. The third-order valence-electron chi connectivity index (χ3n) is 1.29. The zero-order chi connectivity index (χ0) is 8.85. The van der Waals surface area contributed by atoms with E-state index in [0.717, 1.165) is 6.54 Å². The molecule has 0 aliphatic rings. The van der Waals surface area contributed by atoms with E-state index in [0.29, 0.717) is 18.1 Å². The molecule has 3 heteroatoms. The molecule has 1 unspecified atom stereocenters. The smallest absolute Gasteiger partial charge is 0.661 e. The van der Waals surface area contributed by atoms with Gasteiger partial charge in [0.15, 0.2) is 0 Å². The Morgan fingerprint density at radius 1 is 0.917 bits per heavy atom. The van der Waals surface area contributed by atoms with Gasteiger partial charge in [-0.25, -0.2) is 0 Å². The first kappa shape index (κ1) is 14.9. The van der Waals surface area contributed by atoms with E-state index in [1.807, 2.05) is 0 Å². The van der Waals surface area contributed by atoms with E-state index < -0.39 is 0 Å². The molecule has 0 spiro atoms. The Labute approximate surface area is 86.8 Å². The average molecular weight is 215 g/mol. The van der Waals surface area contributed by atoms with Gasteiger partial charge in [-0.3, -0.25) is 0 Å². The first-order chi connectivity index (χ1) is 5.02. The number of nitrogens with zero attached hydrogens (tertiary/aromatic N) is 2. The molecule has 0 N–H and O–H groups in total.